The zero-order chi connectivity index (χ0) is 16.0. The van der Waals surface area contributed by atoms with Gasteiger partial charge in [0, 0.05) is 12.6 Å². The topological polar surface area (TPSA) is 75.7 Å². The van der Waals surface area contributed by atoms with Gasteiger partial charge in [-0.25, -0.2) is 8.42 Å². The fourth-order valence-electron chi connectivity index (χ4n) is 1.82. The minimum atomic E-state index is -3.40. The number of carbonyl (C=O) groups is 1. The first-order valence-corrected chi connectivity index (χ1v) is 8.45. The molecule has 118 valence electrons. The van der Waals surface area contributed by atoms with Gasteiger partial charge in [-0.15, -0.1) is 0 Å². The summed E-state index contributed by atoms with van der Waals surface area (Å²) < 4.78 is 29.4. The quantitative estimate of drug-likeness (QED) is 0.814. The number of ether oxygens (including phenoxy) is 1. The van der Waals surface area contributed by atoms with Gasteiger partial charge < -0.3 is 10.1 Å². The molecule has 1 amide bonds. The van der Waals surface area contributed by atoms with Crippen LogP contribution >= 0.6 is 0 Å². The van der Waals surface area contributed by atoms with E-state index >= 15 is 0 Å². The lowest BCUT2D eigenvalue weighted by Gasteiger charge is -2.23. The number of nitrogens with zero attached hydrogens (tertiary/aromatic N) is 1. The Bertz CT molecular complexity index is 567. The molecular formula is C14H22N2O4S. The maximum Gasteiger partial charge on any atom is 0.235 e. The van der Waals surface area contributed by atoms with Crippen LogP contribution in [0.15, 0.2) is 24.3 Å². The molecule has 0 heterocycles. The SMILES string of the molecule is COc1ccc(CNC(=O)CN(C(C)C)S(C)(=O)=O)cc1. The number of carbonyl (C=O) groups excluding carboxylic acids is 1. The Labute approximate surface area is 126 Å². The molecule has 1 aromatic rings. The number of rotatable bonds is 7. The Balaban J connectivity index is 2.56. The number of nitrogens with one attached hydrogen (secondary N) is 1. The lowest BCUT2D eigenvalue weighted by atomic mass is 10.2. The Morgan fingerprint density at radius 2 is 1.86 bits per heavy atom. The van der Waals surface area contributed by atoms with E-state index in [0.29, 0.717) is 6.54 Å². The molecule has 0 aliphatic heterocycles. The molecule has 6 nitrogen and oxygen atoms in total. The molecule has 0 atom stereocenters. The molecule has 7 heteroatoms. The fourth-order valence-corrected chi connectivity index (χ4v) is 2.94. The molecule has 1 aromatic carbocycles. The smallest absolute Gasteiger partial charge is 0.235 e. The predicted octanol–water partition coefficient (Wildman–Crippen LogP) is 0.981. The molecule has 0 unspecified atom stereocenters. The molecular weight excluding hydrogens is 292 g/mol. The van der Waals surface area contributed by atoms with E-state index in [2.05, 4.69) is 5.32 Å². The van der Waals surface area contributed by atoms with Gasteiger partial charge in [0.05, 0.1) is 19.9 Å². The molecule has 1 N–H and O–H groups in total. The largest absolute Gasteiger partial charge is 0.497 e. The van der Waals surface area contributed by atoms with Crippen LogP contribution in [0.4, 0.5) is 0 Å². The van der Waals surface area contributed by atoms with Crippen molar-refractivity contribution < 1.29 is 17.9 Å². The van der Waals surface area contributed by atoms with Crippen molar-refractivity contribution in [2.24, 2.45) is 0 Å². The van der Waals surface area contributed by atoms with E-state index < -0.39 is 10.0 Å². The lowest BCUT2D eigenvalue weighted by molar-refractivity contribution is -0.121. The van der Waals surface area contributed by atoms with E-state index in [-0.39, 0.29) is 18.5 Å². The number of sulfonamides is 1. The van der Waals surface area contributed by atoms with E-state index in [0.717, 1.165) is 21.9 Å². The average molecular weight is 314 g/mol. The molecule has 21 heavy (non-hydrogen) atoms. The number of benzene rings is 1. The summed E-state index contributed by atoms with van der Waals surface area (Å²) in [5.74, 6) is 0.415. The Hall–Kier alpha value is -1.60. The van der Waals surface area contributed by atoms with Crippen molar-refractivity contribution in [1.29, 1.82) is 0 Å². The van der Waals surface area contributed by atoms with E-state index in [1.807, 2.05) is 12.1 Å². The molecule has 0 aromatic heterocycles. The molecule has 0 bridgehead atoms. The maximum atomic E-state index is 11.9. The van der Waals surface area contributed by atoms with Crippen molar-refractivity contribution in [3.8, 4) is 5.75 Å². The molecule has 0 saturated heterocycles. The molecule has 1 rings (SSSR count). The third-order valence-electron chi connectivity index (χ3n) is 2.95. The van der Waals surface area contributed by atoms with Gasteiger partial charge in [-0.3, -0.25) is 4.79 Å². The molecule has 0 aliphatic rings. The third kappa shape index (κ3) is 5.73. The molecule has 0 spiro atoms. The minimum absolute atomic E-state index is 0.174. The molecule has 0 fully saturated rings. The number of amides is 1. The summed E-state index contributed by atoms with van der Waals surface area (Å²) in [5, 5.41) is 2.71. The monoisotopic (exact) mass is 314 g/mol. The Morgan fingerprint density at radius 1 is 1.29 bits per heavy atom. The normalized spacial score (nSPS) is 11.7. The van der Waals surface area contributed by atoms with E-state index in [1.165, 1.54) is 0 Å². The summed E-state index contributed by atoms with van der Waals surface area (Å²) >= 11 is 0. The van der Waals surface area contributed by atoms with E-state index in [4.69, 9.17) is 4.74 Å². The summed E-state index contributed by atoms with van der Waals surface area (Å²) in [6, 6.07) is 7.04. The fraction of sp³-hybridized carbons (Fsp3) is 0.500. The van der Waals surface area contributed by atoms with Crippen molar-refractivity contribution in [1.82, 2.24) is 9.62 Å². The first-order valence-electron chi connectivity index (χ1n) is 6.60. The predicted molar refractivity (Wildman–Crippen MR) is 81.5 cm³/mol. The van der Waals surface area contributed by atoms with Crippen molar-refractivity contribution in [2.75, 3.05) is 19.9 Å². The highest BCUT2D eigenvalue weighted by atomic mass is 32.2. The second-order valence-electron chi connectivity index (χ2n) is 5.03. The first kappa shape index (κ1) is 17.5. The van der Waals surface area contributed by atoms with Crippen molar-refractivity contribution in [3.05, 3.63) is 29.8 Å². The summed E-state index contributed by atoms with van der Waals surface area (Å²) in [4.78, 5) is 11.9. The van der Waals surface area contributed by atoms with Crippen LogP contribution in [0.1, 0.15) is 19.4 Å². The van der Waals surface area contributed by atoms with Crippen LogP contribution in [-0.2, 0) is 21.4 Å². The highest BCUT2D eigenvalue weighted by Gasteiger charge is 2.22. The van der Waals surface area contributed by atoms with Gasteiger partial charge in [-0.05, 0) is 31.5 Å². The van der Waals surface area contributed by atoms with Crippen molar-refractivity contribution in [2.45, 2.75) is 26.4 Å². The van der Waals surface area contributed by atoms with Crippen LogP contribution in [-0.4, -0.2) is 44.6 Å². The van der Waals surface area contributed by atoms with Gasteiger partial charge in [-0.1, -0.05) is 12.1 Å². The highest BCUT2D eigenvalue weighted by molar-refractivity contribution is 7.88. The number of hydrogen-bond acceptors (Lipinski definition) is 4. The minimum Gasteiger partial charge on any atom is -0.497 e. The summed E-state index contributed by atoms with van der Waals surface area (Å²) in [5.41, 5.74) is 0.916. The van der Waals surface area contributed by atoms with Gasteiger partial charge in [0.2, 0.25) is 15.9 Å². The second kappa shape index (κ2) is 7.42. The molecule has 0 saturated carbocycles. The van der Waals surface area contributed by atoms with Crippen LogP contribution in [0.5, 0.6) is 5.75 Å². The van der Waals surface area contributed by atoms with Gasteiger partial charge >= 0.3 is 0 Å². The average Bonchev–Trinajstić information content (AvgIpc) is 2.41. The van der Waals surface area contributed by atoms with Crippen LogP contribution in [0.3, 0.4) is 0 Å². The van der Waals surface area contributed by atoms with Crippen LogP contribution in [0.25, 0.3) is 0 Å². The number of methoxy groups -OCH3 is 1. The zero-order valence-corrected chi connectivity index (χ0v) is 13.6. The van der Waals surface area contributed by atoms with Crippen molar-refractivity contribution >= 4 is 15.9 Å². The third-order valence-corrected chi connectivity index (χ3v) is 4.35. The Kier molecular flexibility index (Phi) is 6.17. The summed E-state index contributed by atoms with van der Waals surface area (Å²) in [7, 11) is -1.81. The summed E-state index contributed by atoms with van der Waals surface area (Å²) in [6.45, 7) is 3.64. The van der Waals surface area contributed by atoms with E-state index in [1.54, 1.807) is 33.1 Å². The van der Waals surface area contributed by atoms with Gasteiger partial charge in [0.25, 0.3) is 0 Å². The van der Waals surface area contributed by atoms with Crippen LogP contribution in [0.2, 0.25) is 0 Å². The molecule has 0 radical (unpaired) electrons. The van der Waals surface area contributed by atoms with Crippen LogP contribution in [0, 0.1) is 0 Å². The van der Waals surface area contributed by atoms with Crippen LogP contribution < -0.4 is 10.1 Å². The molecule has 0 aliphatic carbocycles. The van der Waals surface area contributed by atoms with Gasteiger partial charge in [0.1, 0.15) is 5.75 Å². The zero-order valence-electron chi connectivity index (χ0n) is 12.8. The first-order chi connectivity index (χ1) is 9.74. The highest BCUT2D eigenvalue weighted by Crippen LogP contribution is 2.11. The van der Waals surface area contributed by atoms with Gasteiger partial charge in [-0.2, -0.15) is 4.31 Å². The Morgan fingerprint density at radius 3 is 2.29 bits per heavy atom. The van der Waals surface area contributed by atoms with Gasteiger partial charge in [0.15, 0.2) is 0 Å². The standard InChI is InChI=1S/C14H22N2O4S/c1-11(2)16(21(4,18)19)10-14(17)15-9-12-5-7-13(20-3)8-6-12/h5-8,11H,9-10H2,1-4H3,(H,15,17). The second-order valence-corrected chi connectivity index (χ2v) is 6.96. The van der Waals surface area contributed by atoms with Crippen molar-refractivity contribution in [3.63, 3.8) is 0 Å². The maximum absolute atomic E-state index is 11.9. The van der Waals surface area contributed by atoms with E-state index in [9.17, 15) is 13.2 Å². The number of hydrogen-bond donors (Lipinski definition) is 1. The lowest BCUT2D eigenvalue weighted by Crippen LogP contribution is -2.43. The summed E-state index contributed by atoms with van der Waals surface area (Å²) in [6.07, 6.45) is 1.10.